The highest BCUT2D eigenvalue weighted by Gasteiger charge is 2.09. The molecule has 2 rings (SSSR count). The minimum atomic E-state index is -0.388. The summed E-state index contributed by atoms with van der Waals surface area (Å²) >= 11 is 0. The molecule has 5 nitrogen and oxygen atoms in total. The highest BCUT2D eigenvalue weighted by molar-refractivity contribution is 5.32. The van der Waals surface area contributed by atoms with Gasteiger partial charge in [0.2, 0.25) is 0 Å². The average Bonchev–Trinajstić information content (AvgIpc) is 2.60. The first-order valence-corrected chi connectivity index (χ1v) is 4.79. The van der Waals surface area contributed by atoms with Crippen molar-refractivity contribution < 1.29 is 4.39 Å². The van der Waals surface area contributed by atoms with E-state index in [2.05, 4.69) is 15.5 Å². The molecule has 6 heteroatoms. The lowest BCUT2D eigenvalue weighted by Gasteiger charge is -2.04. The second-order valence-electron chi connectivity index (χ2n) is 3.29. The number of hydrogen-bond acceptors (Lipinski definition) is 3. The topological polar surface area (TPSA) is 62.7 Å². The third kappa shape index (κ3) is 1.87. The lowest BCUT2D eigenvalue weighted by Crippen LogP contribution is -2.19. The van der Waals surface area contributed by atoms with E-state index in [1.165, 1.54) is 16.7 Å². The van der Waals surface area contributed by atoms with Crippen LogP contribution in [0.3, 0.4) is 0 Å². The molecule has 0 amide bonds. The Balaban J connectivity index is 2.54. The zero-order valence-electron chi connectivity index (χ0n) is 8.70. The summed E-state index contributed by atoms with van der Waals surface area (Å²) < 4.78 is 14.4. The molecule has 2 aromatic rings. The molecule has 1 heterocycles. The van der Waals surface area contributed by atoms with Gasteiger partial charge in [-0.1, -0.05) is 6.07 Å². The van der Waals surface area contributed by atoms with Crippen molar-refractivity contribution in [3.63, 3.8) is 0 Å². The van der Waals surface area contributed by atoms with Crippen molar-refractivity contribution in [3.8, 4) is 5.69 Å². The molecule has 0 saturated carbocycles. The number of hydrogen-bond donors (Lipinski definition) is 2. The molecule has 0 fully saturated rings. The molecule has 84 valence electrons. The number of rotatable bonds is 3. The van der Waals surface area contributed by atoms with Crippen molar-refractivity contribution >= 4 is 0 Å². The highest BCUT2D eigenvalue weighted by Crippen LogP contribution is 2.08. The van der Waals surface area contributed by atoms with Crippen LogP contribution >= 0.6 is 0 Å². The Morgan fingerprint density at radius 3 is 3.06 bits per heavy atom. The van der Waals surface area contributed by atoms with Crippen molar-refractivity contribution in [1.29, 1.82) is 0 Å². The van der Waals surface area contributed by atoms with Gasteiger partial charge in [0, 0.05) is 0 Å². The van der Waals surface area contributed by atoms with Gasteiger partial charge in [-0.2, -0.15) is 5.10 Å². The summed E-state index contributed by atoms with van der Waals surface area (Å²) in [6.07, 6.45) is 0. The summed E-state index contributed by atoms with van der Waals surface area (Å²) in [7, 11) is 1.75. The van der Waals surface area contributed by atoms with Gasteiger partial charge in [-0.25, -0.2) is 18.9 Å². The van der Waals surface area contributed by atoms with Crippen molar-refractivity contribution in [3.05, 3.63) is 46.4 Å². The molecule has 0 unspecified atom stereocenters. The SMILES string of the molecule is CNCc1n[nH]c(=O)n1-c1cccc(F)c1. The van der Waals surface area contributed by atoms with E-state index in [1.54, 1.807) is 19.2 Å². The van der Waals surface area contributed by atoms with Crippen LogP contribution in [0.5, 0.6) is 0 Å². The molecule has 0 atom stereocenters. The number of H-pyrrole nitrogens is 1. The maximum atomic E-state index is 13.0. The van der Waals surface area contributed by atoms with Crippen LogP contribution in [-0.2, 0) is 6.54 Å². The Labute approximate surface area is 90.9 Å². The maximum Gasteiger partial charge on any atom is 0.347 e. The van der Waals surface area contributed by atoms with E-state index in [0.717, 1.165) is 0 Å². The van der Waals surface area contributed by atoms with E-state index in [0.29, 0.717) is 18.1 Å². The van der Waals surface area contributed by atoms with Crippen LogP contribution in [0.2, 0.25) is 0 Å². The zero-order chi connectivity index (χ0) is 11.5. The maximum absolute atomic E-state index is 13.0. The molecule has 2 N–H and O–H groups in total. The van der Waals surface area contributed by atoms with E-state index < -0.39 is 0 Å². The van der Waals surface area contributed by atoms with Gasteiger partial charge in [0.25, 0.3) is 0 Å². The van der Waals surface area contributed by atoms with E-state index in [4.69, 9.17) is 0 Å². The molecule has 1 aromatic carbocycles. The fraction of sp³-hybridized carbons (Fsp3) is 0.200. The van der Waals surface area contributed by atoms with Gasteiger partial charge in [-0.15, -0.1) is 0 Å². The van der Waals surface area contributed by atoms with Crippen LogP contribution in [-0.4, -0.2) is 21.8 Å². The lowest BCUT2D eigenvalue weighted by atomic mass is 10.3. The second kappa shape index (κ2) is 4.28. The predicted molar refractivity (Wildman–Crippen MR) is 56.9 cm³/mol. The van der Waals surface area contributed by atoms with Crippen molar-refractivity contribution in [1.82, 2.24) is 20.1 Å². The molecule has 0 aliphatic heterocycles. The predicted octanol–water partition coefficient (Wildman–Crippen LogP) is 0.419. The Hall–Kier alpha value is -1.95. The first-order valence-electron chi connectivity index (χ1n) is 4.79. The summed E-state index contributed by atoms with van der Waals surface area (Å²) in [5, 5.41) is 9.07. The Kier molecular flexibility index (Phi) is 2.82. The van der Waals surface area contributed by atoms with Crippen LogP contribution in [0.25, 0.3) is 5.69 Å². The number of aromatic amines is 1. The third-order valence-electron chi connectivity index (χ3n) is 2.14. The molecule has 16 heavy (non-hydrogen) atoms. The highest BCUT2D eigenvalue weighted by atomic mass is 19.1. The zero-order valence-corrected chi connectivity index (χ0v) is 8.70. The van der Waals surface area contributed by atoms with Gasteiger partial charge in [0.15, 0.2) is 5.82 Å². The van der Waals surface area contributed by atoms with Crippen LogP contribution < -0.4 is 11.0 Å². The van der Waals surface area contributed by atoms with Gasteiger partial charge in [0.1, 0.15) is 5.82 Å². The molecule has 0 aliphatic rings. The molecule has 0 aliphatic carbocycles. The molecule has 0 saturated heterocycles. The molecular formula is C10H11FN4O. The average molecular weight is 222 g/mol. The summed E-state index contributed by atoms with van der Waals surface area (Å²) in [6.45, 7) is 0.426. The minimum absolute atomic E-state index is 0.379. The fourth-order valence-electron chi connectivity index (χ4n) is 1.49. The van der Waals surface area contributed by atoms with E-state index in [-0.39, 0.29) is 11.5 Å². The van der Waals surface area contributed by atoms with Gasteiger partial charge < -0.3 is 5.32 Å². The minimum Gasteiger partial charge on any atom is -0.313 e. The van der Waals surface area contributed by atoms with Crippen LogP contribution in [0.1, 0.15) is 5.82 Å². The van der Waals surface area contributed by atoms with Crippen LogP contribution in [0.4, 0.5) is 4.39 Å². The first kappa shape index (κ1) is 10.6. The molecule has 0 spiro atoms. The molecule has 0 bridgehead atoms. The number of halogens is 1. The molecule has 1 aromatic heterocycles. The van der Waals surface area contributed by atoms with E-state index in [1.807, 2.05) is 0 Å². The normalized spacial score (nSPS) is 10.6. The Morgan fingerprint density at radius 2 is 2.38 bits per heavy atom. The number of aromatic nitrogens is 3. The third-order valence-corrected chi connectivity index (χ3v) is 2.14. The number of nitrogens with one attached hydrogen (secondary N) is 2. The summed E-state index contributed by atoms with van der Waals surface area (Å²) in [6, 6.07) is 5.81. The van der Waals surface area contributed by atoms with Crippen LogP contribution in [0, 0.1) is 5.82 Å². The van der Waals surface area contributed by atoms with Crippen molar-refractivity contribution in [2.45, 2.75) is 6.54 Å². The monoisotopic (exact) mass is 222 g/mol. The second-order valence-corrected chi connectivity index (χ2v) is 3.29. The molecular weight excluding hydrogens is 211 g/mol. The van der Waals surface area contributed by atoms with Crippen LogP contribution in [0.15, 0.2) is 29.1 Å². The van der Waals surface area contributed by atoms with Gasteiger partial charge in [-0.3, -0.25) is 0 Å². The van der Waals surface area contributed by atoms with Crippen molar-refractivity contribution in [2.24, 2.45) is 0 Å². The summed E-state index contributed by atoms with van der Waals surface area (Å²) in [4.78, 5) is 11.5. The summed E-state index contributed by atoms with van der Waals surface area (Å²) in [5.74, 6) is 0.124. The Bertz CT molecular complexity index is 546. The fourth-order valence-corrected chi connectivity index (χ4v) is 1.49. The lowest BCUT2D eigenvalue weighted by molar-refractivity contribution is 0.625. The van der Waals surface area contributed by atoms with Gasteiger partial charge >= 0.3 is 5.69 Å². The first-order chi connectivity index (χ1) is 7.72. The van der Waals surface area contributed by atoms with Gasteiger partial charge in [-0.05, 0) is 25.2 Å². The number of benzene rings is 1. The standard InChI is InChI=1S/C10H11FN4O/c1-12-6-9-13-14-10(16)15(9)8-4-2-3-7(11)5-8/h2-5,12H,6H2,1H3,(H,14,16). The van der Waals surface area contributed by atoms with Gasteiger partial charge in [0.05, 0.1) is 12.2 Å². The quantitative estimate of drug-likeness (QED) is 0.791. The van der Waals surface area contributed by atoms with E-state index in [9.17, 15) is 9.18 Å². The summed E-state index contributed by atoms with van der Waals surface area (Å²) in [5.41, 5.74) is 0.0832. The smallest absolute Gasteiger partial charge is 0.313 e. The van der Waals surface area contributed by atoms with E-state index >= 15 is 0 Å². The largest absolute Gasteiger partial charge is 0.347 e. The number of nitrogens with zero attached hydrogens (tertiary/aromatic N) is 2. The Morgan fingerprint density at radius 1 is 1.56 bits per heavy atom. The molecule has 0 radical (unpaired) electrons. The van der Waals surface area contributed by atoms with Crippen molar-refractivity contribution in [2.75, 3.05) is 7.05 Å².